The van der Waals surface area contributed by atoms with Gasteiger partial charge in [-0.2, -0.15) is 0 Å². The Bertz CT molecular complexity index is 3000. The van der Waals surface area contributed by atoms with Gasteiger partial charge in [0.2, 0.25) is 0 Å². The molecular formula is C56H46. The molecule has 0 heteroatoms. The smallest absolute Gasteiger partial charge is 0.0159 e. The molecule has 0 fully saturated rings. The minimum absolute atomic E-state index is 0.0138. The fourth-order valence-corrected chi connectivity index (χ4v) is 10.7. The van der Waals surface area contributed by atoms with Gasteiger partial charge in [-0.25, -0.2) is 0 Å². The molecule has 0 amide bonds. The number of rotatable bonds is 3. The number of benzene rings is 8. The van der Waals surface area contributed by atoms with Gasteiger partial charge in [-0.3, -0.25) is 0 Å². The van der Waals surface area contributed by atoms with E-state index in [1.165, 1.54) is 116 Å². The fourth-order valence-electron chi connectivity index (χ4n) is 10.7. The molecule has 0 atom stereocenters. The van der Waals surface area contributed by atoms with E-state index in [2.05, 4.69) is 200 Å². The van der Waals surface area contributed by atoms with Gasteiger partial charge in [-0.15, -0.1) is 0 Å². The molecule has 0 aromatic heterocycles. The molecule has 0 aliphatic heterocycles. The van der Waals surface area contributed by atoms with Crippen molar-refractivity contribution in [1.82, 2.24) is 0 Å². The van der Waals surface area contributed by atoms with Gasteiger partial charge in [0.25, 0.3) is 0 Å². The van der Waals surface area contributed by atoms with Crippen molar-refractivity contribution in [2.24, 2.45) is 0 Å². The highest BCUT2D eigenvalue weighted by Crippen LogP contribution is 2.54. The van der Waals surface area contributed by atoms with Crippen molar-refractivity contribution in [2.45, 2.75) is 64.7 Å². The Morgan fingerprint density at radius 3 is 1.04 bits per heavy atom. The molecule has 56 heavy (non-hydrogen) atoms. The highest BCUT2D eigenvalue weighted by molar-refractivity contribution is 5.92. The van der Waals surface area contributed by atoms with Gasteiger partial charge >= 0.3 is 0 Å². The zero-order valence-corrected chi connectivity index (χ0v) is 33.4. The molecule has 3 aliphatic rings. The zero-order chi connectivity index (χ0) is 38.3. The highest BCUT2D eigenvalue weighted by Gasteiger charge is 2.39. The Balaban J connectivity index is 0.929. The molecule has 270 valence electrons. The van der Waals surface area contributed by atoms with Crippen LogP contribution in [-0.4, -0.2) is 0 Å². The van der Waals surface area contributed by atoms with E-state index in [1.54, 1.807) is 0 Å². The van der Waals surface area contributed by atoms with Crippen molar-refractivity contribution >= 4 is 10.8 Å². The van der Waals surface area contributed by atoms with Crippen LogP contribution < -0.4 is 0 Å². The van der Waals surface area contributed by atoms with E-state index in [9.17, 15) is 0 Å². The summed E-state index contributed by atoms with van der Waals surface area (Å²) in [5.74, 6) is 0. The van der Waals surface area contributed by atoms with Crippen molar-refractivity contribution in [3.8, 4) is 66.8 Å². The first-order valence-electron chi connectivity index (χ1n) is 20.2. The van der Waals surface area contributed by atoms with Gasteiger partial charge < -0.3 is 0 Å². The molecule has 0 N–H and O–H groups in total. The van der Waals surface area contributed by atoms with E-state index in [4.69, 9.17) is 0 Å². The Morgan fingerprint density at radius 2 is 0.589 bits per heavy atom. The molecule has 0 heterocycles. The molecule has 0 saturated carbocycles. The van der Waals surface area contributed by atoms with Crippen molar-refractivity contribution in [3.63, 3.8) is 0 Å². The van der Waals surface area contributed by atoms with E-state index in [1.807, 2.05) is 0 Å². The lowest BCUT2D eigenvalue weighted by Crippen LogP contribution is -2.16. The monoisotopic (exact) mass is 718 g/mol. The molecule has 8 aromatic rings. The molecule has 11 rings (SSSR count). The summed E-state index contributed by atoms with van der Waals surface area (Å²) >= 11 is 0. The second-order valence-corrected chi connectivity index (χ2v) is 18.2. The van der Waals surface area contributed by atoms with Crippen molar-refractivity contribution in [2.75, 3.05) is 0 Å². The Morgan fingerprint density at radius 1 is 0.268 bits per heavy atom. The number of hydrogen-bond donors (Lipinski definition) is 0. The second-order valence-electron chi connectivity index (χ2n) is 18.2. The van der Waals surface area contributed by atoms with E-state index in [0.29, 0.717) is 0 Å². The summed E-state index contributed by atoms with van der Waals surface area (Å²) in [6.45, 7) is 16.6. The standard InChI is InChI=1S/C56H46/c1-33-26-34-12-8-9-13-35(34)27-47(33)40-20-25-46-45-24-19-39(31-52(45)56(6,7)53(46)32-40)38-18-23-44-43-22-17-37(29-50(43)55(4,5)51(44)30-38)36-16-21-42-41-14-10-11-15-48(41)54(2,3)49(42)28-36/h8-32H,1-7H3. The zero-order valence-electron chi connectivity index (χ0n) is 33.4. The topological polar surface area (TPSA) is 0 Å². The summed E-state index contributed by atoms with van der Waals surface area (Å²) in [4.78, 5) is 0. The van der Waals surface area contributed by atoms with E-state index in [-0.39, 0.29) is 16.2 Å². The summed E-state index contributed by atoms with van der Waals surface area (Å²) in [7, 11) is 0. The molecule has 3 aliphatic carbocycles. The first-order chi connectivity index (χ1) is 26.9. The van der Waals surface area contributed by atoms with Gasteiger partial charge in [0.15, 0.2) is 0 Å². The average Bonchev–Trinajstić information content (AvgIpc) is 3.69. The summed E-state index contributed by atoms with van der Waals surface area (Å²) in [6, 6.07) is 58.1. The largest absolute Gasteiger partial charge is 0.0619 e. The van der Waals surface area contributed by atoms with Gasteiger partial charge in [0.05, 0.1) is 0 Å². The van der Waals surface area contributed by atoms with Gasteiger partial charge in [0.1, 0.15) is 0 Å². The van der Waals surface area contributed by atoms with Crippen LogP contribution in [0.4, 0.5) is 0 Å². The quantitative estimate of drug-likeness (QED) is 0.171. The molecule has 0 saturated heterocycles. The maximum absolute atomic E-state index is 2.47. The fraction of sp³-hybridized carbons (Fsp3) is 0.179. The molecule has 0 radical (unpaired) electrons. The van der Waals surface area contributed by atoms with Crippen LogP contribution in [0.5, 0.6) is 0 Å². The Hall–Kier alpha value is -5.98. The van der Waals surface area contributed by atoms with Crippen LogP contribution in [0.3, 0.4) is 0 Å². The summed E-state index contributed by atoms with van der Waals surface area (Å²) in [5.41, 5.74) is 25.5. The van der Waals surface area contributed by atoms with Crippen LogP contribution in [0.25, 0.3) is 77.5 Å². The number of fused-ring (bicyclic) bond motifs is 10. The number of hydrogen-bond acceptors (Lipinski definition) is 0. The van der Waals surface area contributed by atoms with E-state index >= 15 is 0 Å². The van der Waals surface area contributed by atoms with Crippen LogP contribution in [0.1, 0.15) is 80.5 Å². The highest BCUT2D eigenvalue weighted by atomic mass is 14.4. The molecule has 0 spiro atoms. The Labute approximate surface area is 331 Å². The van der Waals surface area contributed by atoms with Gasteiger partial charge in [-0.05, 0) is 160 Å². The summed E-state index contributed by atoms with van der Waals surface area (Å²) in [5, 5.41) is 2.58. The normalized spacial score (nSPS) is 15.8. The molecule has 8 aromatic carbocycles. The summed E-state index contributed by atoms with van der Waals surface area (Å²) in [6.07, 6.45) is 0. The van der Waals surface area contributed by atoms with Crippen LogP contribution >= 0.6 is 0 Å². The third-order valence-electron chi connectivity index (χ3n) is 14.0. The van der Waals surface area contributed by atoms with Crippen molar-refractivity contribution in [3.05, 3.63) is 191 Å². The Kier molecular flexibility index (Phi) is 6.73. The first-order valence-corrected chi connectivity index (χ1v) is 20.2. The first kappa shape index (κ1) is 33.4. The predicted molar refractivity (Wildman–Crippen MR) is 238 cm³/mol. The van der Waals surface area contributed by atoms with E-state index < -0.39 is 0 Å². The van der Waals surface area contributed by atoms with Crippen LogP contribution in [0.2, 0.25) is 0 Å². The van der Waals surface area contributed by atoms with Crippen LogP contribution in [0.15, 0.2) is 152 Å². The second kappa shape index (κ2) is 11.3. The molecule has 0 nitrogen and oxygen atoms in total. The lowest BCUT2D eigenvalue weighted by atomic mass is 9.79. The molecular weight excluding hydrogens is 673 g/mol. The molecule has 0 unspecified atom stereocenters. The molecule has 0 bridgehead atoms. The maximum Gasteiger partial charge on any atom is 0.0159 e. The van der Waals surface area contributed by atoms with Gasteiger partial charge in [0, 0.05) is 16.2 Å². The van der Waals surface area contributed by atoms with Crippen LogP contribution in [-0.2, 0) is 16.2 Å². The predicted octanol–water partition coefficient (Wildman–Crippen LogP) is 15.1. The third-order valence-corrected chi connectivity index (χ3v) is 14.0. The van der Waals surface area contributed by atoms with Crippen molar-refractivity contribution < 1.29 is 0 Å². The maximum atomic E-state index is 2.47. The minimum Gasteiger partial charge on any atom is -0.0619 e. The third kappa shape index (κ3) is 4.53. The lowest BCUT2D eigenvalue weighted by Gasteiger charge is -2.24. The van der Waals surface area contributed by atoms with E-state index in [0.717, 1.165) is 0 Å². The van der Waals surface area contributed by atoms with Crippen molar-refractivity contribution in [1.29, 1.82) is 0 Å². The van der Waals surface area contributed by atoms with Gasteiger partial charge in [-0.1, -0.05) is 157 Å². The minimum atomic E-state index is -0.119. The average molecular weight is 719 g/mol. The van der Waals surface area contributed by atoms with Crippen LogP contribution in [0, 0.1) is 6.92 Å². The SMILES string of the molecule is Cc1cc2ccccc2cc1-c1ccc2c(c1)C(C)(C)c1cc(-c3ccc4c(c3)C(C)(C)c3cc(-c5ccc6c(c5)C(C)(C)c5ccccc5-6)ccc3-4)ccc1-2. The summed E-state index contributed by atoms with van der Waals surface area (Å²) < 4.78 is 0. The number of aryl methyl sites for hydroxylation is 1. The lowest BCUT2D eigenvalue weighted by molar-refractivity contribution is 0.659.